The first kappa shape index (κ1) is 12.5. The van der Waals surface area contributed by atoms with Gasteiger partial charge in [0.1, 0.15) is 5.60 Å². The molecule has 4 fully saturated rings. The molecule has 2 heteroatoms. The minimum Gasteiger partial charge on any atom is -0.348 e. The highest BCUT2D eigenvalue weighted by Gasteiger charge is 2.78. The van der Waals surface area contributed by atoms with Gasteiger partial charge in [-0.15, -0.1) is 6.42 Å². The number of terminal acetylenes is 1. The average molecular weight is 282 g/mol. The summed E-state index contributed by atoms with van der Waals surface area (Å²) in [6.45, 7) is 0. The van der Waals surface area contributed by atoms with Gasteiger partial charge in [0.15, 0.2) is 11.4 Å². The summed E-state index contributed by atoms with van der Waals surface area (Å²) in [5.41, 5.74) is 1.32. The van der Waals surface area contributed by atoms with Crippen LogP contribution in [0.5, 0.6) is 0 Å². The van der Waals surface area contributed by atoms with Gasteiger partial charge in [-0.05, 0) is 74.7 Å². The fourth-order valence-electron chi connectivity index (χ4n) is 6.49. The Morgan fingerprint density at radius 1 is 1.14 bits per heavy atom. The van der Waals surface area contributed by atoms with Crippen molar-refractivity contribution >= 4 is 5.78 Å². The molecule has 0 aromatic carbocycles. The van der Waals surface area contributed by atoms with Gasteiger partial charge < -0.3 is 4.74 Å². The normalized spacial score (nSPS) is 53.7. The van der Waals surface area contributed by atoms with E-state index in [1.54, 1.807) is 0 Å². The Balaban J connectivity index is 1.47. The molecule has 0 N–H and O–H groups in total. The van der Waals surface area contributed by atoms with Crippen molar-refractivity contribution in [1.82, 2.24) is 0 Å². The van der Waals surface area contributed by atoms with E-state index >= 15 is 0 Å². The maximum Gasteiger partial charge on any atom is 0.158 e. The number of allylic oxidation sites excluding steroid dienone is 1. The molecule has 0 bridgehead atoms. The van der Waals surface area contributed by atoms with Crippen LogP contribution in [0.2, 0.25) is 0 Å². The van der Waals surface area contributed by atoms with Crippen LogP contribution in [-0.2, 0) is 9.53 Å². The molecule has 1 heterocycles. The summed E-state index contributed by atoms with van der Waals surface area (Å²) in [7, 11) is 0. The fraction of sp³-hybridized carbons (Fsp3) is 0.737. The lowest BCUT2D eigenvalue weighted by Gasteiger charge is -2.49. The summed E-state index contributed by atoms with van der Waals surface area (Å²) in [5.74, 6) is 6.27. The topological polar surface area (TPSA) is 29.6 Å². The molecule has 5 rings (SSSR count). The van der Waals surface area contributed by atoms with Gasteiger partial charge >= 0.3 is 0 Å². The van der Waals surface area contributed by atoms with Crippen molar-refractivity contribution in [1.29, 1.82) is 0 Å². The van der Waals surface area contributed by atoms with Crippen LogP contribution in [-0.4, -0.2) is 17.0 Å². The summed E-state index contributed by atoms with van der Waals surface area (Å²) < 4.78 is 6.18. The molecule has 21 heavy (non-hydrogen) atoms. The third-order valence-electron chi connectivity index (χ3n) is 7.36. The van der Waals surface area contributed by atoms with E-state index in [0.29, 0.717) is 17.6 Å². The SMILES string of the molecule is C#C[C@]12CC[C@H]3[C@@H]4CCC5=CC(=O)CC[C@@H]5[C@H]4CC[C@@]31O2. The maximum absolute atomic E-state index is 11.7. The van der Waals surface area contributed by atoms with E-state index in [4.69, 9.17) is 11.2 Å². The second-order valence-corrected chi connectivity index (χ2v) is 7.84. The van der Waals surface area contributed by atoms with Crippen LogP contribution in [0.15, 0.2) is 11.6 Å². The van der Waals surface area contributed by atoms with Crippen LogP contribution in [0.4, 0.5) is 0 Å². The fourth-order valence-corrected chi connectivity index (χ4v) is 6.49. The van der Waals surface area contributed by atoms with Crippen LogP contribution in [0.3, 0.4) is 0 Å². The summed E-state index contributed by atoms with van der Waals surface area (Å²) in [6.07, 6.45) is 16.7. The van der Waals surface area contributed by atoms with Crippen molar-refractivity contribution in [3.05, 3.63) is 11.6 Å². The van der Waals surface area contributed by atoms with Crippen LogP contribution >= 0.6 is 0 Å². The van der Waals surface area contributed by atoms with Crippen molar-refractivity contribution in [2.24, 2.45) is 23.7 Å². The lowest BCUT2D eigenvalue weighted by molar-refractivity contribution is -0.115. The Morgan fingerprint density at radius 2 is 2.05 bits per heavy atom. The molecule has 5 aliphatic rings. The quantitative estimate of drug-likeness (QED) is 0.504. The van der Waals surface area contributed by atoms with Crippen LogP contribution in [0, 0.1) is 36.0 Å². The van der Waals surface area contributed by atoms with Gasteiger partial charge in [0.05, 0.1) is 0 Å². The zero-order valence-electron chi connectivity index (χ0n) is 12.4. The molecule has 1 spiro atoms. The number of epoxide rings is 1. The van der Waals surface area contributed by atoms with E-state index in [2.05, 4.69) is 5.92 Å². The molecule has 0 aromatic heterocycles. The van der Waals surface area contributed by atoms with E-state index in [-0.39, 0.29) is 11.2 Å². The van der Waals surface area contributed by atoms with Crippen molar-refractivity contribution < 1.29 is 9.53 Å². The van der Waals surface area contributed by atoms with Gasteiger partial charge in [-0.2, -0.15) is 0 Å². The Morgan fingerprint density at radius 3 is 2.86 bits per heavy atom. The molecule has 1 saturated heterocycles. The summed E-state index contributed by atoms with van der Waals surface area (Å²) >= 11 is 0. The minimum atomic E-state index is -0.193. The highest BCUT2D eigenvalue weighted by molar-refractivity contribution is 5.91. The third-order valence-corrected chi connectivity index (χ3v) is 7.36. The number of carbonyl (C=O) groups is 1. The van der Waals surface area contributed by atoms with Gasteiger partial charge in [-0.1, -0.05) is 11.5 Å². The van der Waals surface area contributed by atoms with Gasteiger partial charge in [-0.3, -0.25) is 4.79 Å². The van der Waals surface area contributed by atoms with Crippen LogP contribution < -0.4 is 0 Å². The van der Waals surface area contributed by atoms with Gasteiger partial charge in [0.25, 0.3) is 0 Å². The molecule has 0 aromatic rings. The minimum absolute atomic E-state index is 0.0502. The molecule has 3 saturated carbocycles. The second-order valence-electron chi connectivity index (χ2n) is 7.84. The van der Waals surface area contributed by atoms with E-state index in [1.165, 1.54) is 24.8 Å². The number of carbonyl (C=O) groups excluding carboxylic acids is 1. The molecule has 0 amide bonds. The molecule has 0 unspecified atom stereocenters. The molecular weight excluding hydrogens is 260 g/mol. The zero-order valence-corrected chi connectivity index (χ0v) is 12.4. The standard InChI is InChI=1S/C19H22O2/c1-2-18-9-8-17-16-5-3-12-11-13(20)4-6-14(12)15(16)7-10-19(17,18)21-18/h1,11,14-17H,3-10H2/t14-,15+,16+,17-,18-,19+/m0/s1. The smallest absolute Gasteiger partial charge is 0.158 e. The highest BCUT2D eigenvalue weighted by Crippen LogP contribution is 2.71. The van der Waals surface area contributed by atoms with Crippen molar-refractivity contribution in [2.75, 3.05) is 0 Å². The highest BCUT2D eigenvalue weighted by atomic mass is 16.6. The zero-order chi connectivity index (χ0) is 14.2. The van der Waals surface area contributed by atoms with E-state index in [1.807, 2.05) is 6.08 Å². The Labute approximate surface area is 126 Å². The van der Waals surface area contributed by atoms with E-state index < -0.39 is 0 Å². The number of hydrogen-bond donors (Lipinski definition) is 0. The number of ether oxygens (including phenoxy) is 1. The van der Waals surface area contributed by atoms with Crippen molar-refractivity contribution in [3.63, 3.8) is 0 Å². The molecule has 110 valence electrons. The van der Waals surface area contributed by atoms with Gasteiger partial charge in [0, 0.05) is 6.42 Å². The Kier molecular flexibility index (Phi) is 2.27. The summed E-state index contributed by atoms with van der Waals surface area (Å²) in [6, 6.07) is 0. The number of rotatable bonds is 0. The predicted octanol–water partition coefficient (Wildman–Crippen LogP) is 3.26. The molecule has 2 nitrogen and oxygen atoms in total. The predicted molar refractivity (Wildman–Crippen MR) is 79.4 cm³/mol. The second kappa shape index (κ2) is 3.82. The van der Waals surface area contributed by atoms with Gasteiger partial charge in [-0.25, -0.2) is 0 Å². The van der Waals surface area contributed by atoms with Crippen LogP contribution in [0.1, 0.15) is 51.4 Å². The molecule has 1 aliphatic heterocycles. The van der Waals surface area contributed by atoms with Crippen molar-refractivity contribution in [2.45, 2.75) is 62.6 Å². The lowest BCUT2D eigenvalue weighted by Crippen LogP contribution is -2.45. The lowest BCUT2D eigenvalue weighted by atomic mass is 9.55. The first-order chi connectivity index (χ1) is 10.2. The monoisotopic (exact) mass is 282 g/mol. The Bertz CT molecular complexity index is 597. The summed E-state index contributed by atoms with van der Waals surface area (Å²) in [4.78, 5) is 11.7. The van der Waals surface area contributed by atoms with Crippen molar-refractivity contribution in [3.8, 4) is 12.3 Å². The molecule has 6 atom stereocenters. The number of hydrogen-bond acceptors (Lipinski definition) is 2. The Hall–Kier alpha value is -1.07. The largest absolute Gasteiger partial charge is 0.348 e. The van der Waals surface area contributed by atoms with Crippen LogP contribution in [0.25, 0.3) is 0 Å². The van der Waals surface area contributed by atoms with E-state index in [0.717, 1.165) is 43.9 Å². The maximum atomic E-state index is 11.7. The number of fused-ring (bicyclic) bond motifs is 4. The third kappa shape index (κ3) is 1.37. The molecular formula is C19H22O2. The number of ketones is 1. The van der Waals surface area contributed by atoms with Gasteiger partial charge in [0.2, 0.25) is 0 Å². The molecule has 0 radical (unpaired) electrons. The first-order valence-electron chi connectivity index (χ1n) is 8.60. The molecule has 4 aliphatic carbocycles. The average Bonchev–Trinajstić information content (AvgIpc) is 3.03. The van der Waals surface area contributed by atoms with E-state index in [9.17, 15) is 4.79 Å². The first-order valence-corrected chi connectivity index (χ1v) is 8.60. The summed E-state index contributed by atoms with van der Waals surface area (Å²) in [5, 5.41) is 0.